The second-order valence-corrected chi connectivity index (χ2v) is 7.63. The minimum atomic E-state index is 0.572. The number of halogens is 1. The first kappa shape index (κ1) is 18.9. The Balaban J connectivity index is 1.63. The standard InChI is InChI=1S/C19H23BrN4OS/c1-13-11-17(18(25-3)21-14(13)2)22-19(26)24-9-7-23(8-10-24)16-6-4-5-15(20)12-16/h4-6,11-12H,7-10H2,1-3H3,(H,22,26). The summed E-state index contributed by atoms with van der Waals surface area (Å²) in [5.41, 5.74) is 4.12. The molecule has 1 N–H and O–H groups in total. The van der Waals surface area contributed by atoms with Gasteiger partial charge < -0.3 is 19.9 Å². The van der Waals surface area contributed by atoms with Gasteiger partial charge in [-0.05, 0) is 55.9 Å². The highest BCUT2D eigenvalue weighted by atomic mass is 79.9. The van der Waals surface area contributed by atoms with Gasteiger partial charge in [-0.1, -0.05) is 22.0 Å². The van der Waals surface area contributed by atoms with Crippen molar-refractivity contribution in [2.45, 2.75) is 13.8 Å². The number of ether oxygens (including phenoxy) is 1. The number of nitrogens with zero attached hydrogens (tertiary/aromatic N) is 3. The first-order chi connectivity index (χ1) is 12.5. The van der Waals surface area contributed by atoms with E-state index < -0.39 is 0 Å². The summed E-state index contributed by atoms with van der Waals surface area (Å²) in [4.78, 5) is 9.04. The van der Waals surface area contributed by atoms with Crippen LogP contribution in [0.25, 0.3) is 0 Å². The van der Waals surface area contributed by atoms with Gasteiger partial charge in [-0.15, -0.1) is 0 Å². The monoisotopic (exact) mass is 434 g/mol. The van der Waals surface area contributed by atoms with Gasteiger partial charge in [0.05, 0.1) is 7.11 Å². The second kappa shape index (κ2) is 8.22. The van der Waals surface area contributed by atoms with Crippen molar-refractivity contribution < 1.29 is 4.74 Å². The number of anilines is 2. The molecule has 5 nitrogen and oxygen atoms in total. The summed E-state index contributed by atoms with van der Waals surface area (Å²) in [7, 11) is 1.63. The molecule has 0 radical (unpaired) electrons. The van der Waals surface area contributed by atoms with E-state index in [1.807, 2.05) is 26.0 Å². The van der Waals surface area contributed by atoms with Crippen molar-refractivity contribution in [2.75, 3.05) is 43.5 Å². The van der Waals surface area contributed by atoms with Crippen LogP contribution in [0.2, 0.25) is 0 Å². The first-order valence-corrected chi connectivity index (χ1v) is 9.76. The zero-order valence-electron chi connectivity index (χ0n) is 15.3. The smallest absolute Gasteiger partial charge is 0.237 e. The highest BCUT2D eigenvalue weighted by Gasteiger charge is 2.20. The van der Waals surface area contributed by atoms with Crippen molar-refractivity contribution in [3.63, 3.8) is 0 Å². The predicted octanol–water partition coefficient (Wildman–Crippen LogP) is 3.99. The molecule has 1 aromatic heterocycles. The number of piperazine rings is 1. The minimum Gasteiger partial charge on any atom is -0.480 e. The van der Waals surface area contributed by atoms with Crippen LogP contribution in [0.1, 0.15) is 11.3 Å². The summed E-state index contributed by atoms with van der Waals surface area (Å²) in [5, 5.41) is 4.02. The van der Waals surface area contributed by atoms with Crippen molar-refractivity contribution in [2.24, 2.45) is 0 Å². The lowest BCUT2D eigenvalue weighted by atomic mass is 10.2. The number of hydrogen-bond acceptors (Lipinski definition) is 4. The highest BCUT2D eigenvalue weighted by Crippen LogP contribution is 2.25. The van der Waals surface area contributed by atoms with Crippen LogP contribution in [0.3, 0.4) is 0 Å². The van der Waals surface area contributed by atoms with Crippen LogP contribution in [-0.2, 0) is 0 Å². The van der Waals surface area contributed by atoms with E-state index in [1.165, 1.54) is 5.69 Å². The number of aryl methyl sites for hydroxylation is 2. The summed E-state index contributed by atoms with van der Waals surface area (Å²) in [6.45, 7) is 7.62. The van der Waals surface area contributed by atoms with E-state index in [0.717, 1.165) is 47.6 Å². The third kappa shape index (κ3) is 4.27. The van der Waals surface area contributed by atoms with Crippen LogP contribution in [0.4, 0.5) is 11.4 Å². The van der Waals surface area contributed by atoms with Gasteiger partial charge in [0.1, 0.15) is 5.69 Å². The number of aromatic nitrogens is 1. The molecule has 26 heavy (non-hydrogen) atoms. The van der Waals surface area contributed by atoms with Crippen LogP contribution in [0.5, 0.6) is 5.88 Å². The summed E-state index contributed by atoms with van der Waals surface area (Å²) >= 11 is 9.16. The average Bonchev–Trinajstić information content (AvgIpc) is 2.64. The number of methoxy groups -OCH3 is 1. The highest BCUT2D eigenvalue weighted by molar-refractivity contribution is 9.10. The second-order valence-electron chi connectivity index (χ2n) is 6.33. The molecule has 0 unspecified atom stereocenters. The summed E-state index contributed by atoms with van der Waals surface area (Å²) in [6, 6.07) is 10.4. The van der Waals surface area contributed by atoms with E-state index >= 15 is 0 Å². The van der Waals surface area contributed by atoms with Crippen molar-refractivity contribution in [3.8, 4) is 5.88 Å². The van der Waals surface area contributed by atoms with Crippen LogP contribution in [0.15, 0.2) is 34.8 Å². The first-order valence-electron chi connectivity index (χ1n) is 8.56. The molecular formula is C19H23BrN4OS. The Morgan fingerprint density at radius 3 is 2.58 bits per heavy atom. The normalized spacial score (nSPS) is 14.3. The van der Waals surface area contributed by atoms with E-state index in [9.17, 15) is 0 Å². The molecule has 0 bridgehead atoms. The molecule has 1 fully saturated rings. The Kier molecular flexibility index (Phi) is 5.98. The molecule has 2 aromatic rings. The number of thiocarbonyl (C=S) groups is 1. The molecule has 1 aromatic carbocycles. The van der Waals surface area contributed by atoms with E-state index in [0.29, 0.717) is 11.0 Å². The molecular weight excluding hydrogens is 412 g/mol. The van der Waals surface area contributed by atoms with Gasteiger partial charge in [0, 0.05) is 42.0 Å². The molecule has 1 aliphatic heterocycles. The lowest BCUT2D eigenvalue weighted by Crippen LogP contribution is -2.50. The van der Waals surface area contributed by atoms with Gasteiger partial charge in [0.15, 0.2) is 5.11 Å². The van der Waals surface area contributed by atoms with Gasteiger partial charge >= 0.3 is 0 Å². The molecule has 0 saturated carbocycles. The van der Waals surface area contributed by atoms with E-state index in [-0.39, 0.29) is 0 Å². The van der Waals surface area contributed by atoms with Crippen LogP contribution in [-0.4, -0.2) is 48.3 Å². The van der Waals surface area contributed by atoms with E-state index in [1.54, 1.807) is 7.11 Å². The molecule has 138 valence electrons. The lowest BCUT2D eigenvalue weighted by Gasteiger charge is -2.37. The number of benzene rings is 1. The molecule has 1 saturated heterocycles. The molecule has 7 heteroatoms. The molecule has 2 heterocycles. The van der Waals surface area contributed by atoms with Gasteiger partial charge in [-0.3, -0.25) is 0 Å². The fraction of sp³-hybridized carbons (Fsp3) is 0.368. The van der Waals surface area contributed by atoms with Crippen molar-refractivity contribution in [1.29, 1.82) is 0 Å². The number of hydrogen-bond donors (Lipinski definition) is 1. The van der Waals surface area contributed by atoms with Gasteiger partial charge in [0.25, 0.3) is 0 Å². The quantitative estimate of drug-likeness (QED) is 0.736. The molecule has 0 atom stereocenters. The summed E-state index contributed by atoms with van der Waals surface area (Å²) in [5.74, 6) is 0.572. The Morgan fingerprint density at radius 2 is 1.92 bits per heavy atom. The van der Waals surface area contributed by atoms with Crippen molar-refractivity contribution in [1.82, 2.24) is 9.88 Å². The minimum absolute atomic E-state index is 0.572. The maximum Gasteiger partial charge on any atom is 0.237 e. The Labute approximate surface area is 168 Å². The summed E-state index contributed by atoms with van der Waals surface area (Å²) < 4.78 is 6.49. The number of pyridine rings is 1. The van der Waals surface area contributed by atoms with E-state index in [2.05, 4.69) is 54.2 Å². The van der Waals surface area contributed by atoms with Crippen molar-refractivity contribution >= 4 is 44.6 Å². The zero-order chi connectivity index (χ0) is 18.7. The number of rotatable bonds is 3. The van der Waals surface area contributed by atoms with Crippen molar-refractivity contribution in [3.05, 3.63) is 46.1 Å². The zero-order valence-corrected chi connectivity index (χ0v) is 17.7. The molecule has 1 aliphatic rings. The number of nitrogens with one attached hydrogen (secondary N) is 1. The van der Waals surface area contributed by atoms with Crippen LogP contribution >= 0.6 is 28.1 Å². The predicted molar refractivity (Wildman–Crippen MR) is 114 cm³/mol. The fourth-order valence-electron chi connectivity index (χ4n) is 2.96. The van der Waals surface area contributed by atoms with Gasteiger partial charge in [-0.2, -0.15) is 0 Å². The molecule has 0 amide bonds. The Bertz CT molecular complexity index is 806. The fourth-order valence-corrected chi connectivity index (χ4v) is 3.64. The van der Waals surface area contributed by atoms with Gasteiger partial charge in [-0.25, -0.2) is 4.98 Å². The molecule has 0 spiro atoms. The SMILES string of the molecule is COc1nc(C)c(C)cc1NC(=S)N1CCN(c2cccc(Br)c2)CC1. The topological polar surface area (TPSA) is 40.6 Å². The van der Waals surface area contributed by atoms with Crippen LogP contribution in [0, 0.1) is 13.8 Å². The summed E-state index contributed by atoms with van der Waals surface area (Å²) in [6.07, 6.45) is 0. The third-order valence-corrected chi connectivity index (χ3v) is 5.46. The Hall–Kier alpha value is -1.86. The largest absolute Gasteiger partial charge is 0.480 e. The lowest BCUT2D eigenvalue weighted by molar-refractivity contribution is 0.388. The maximum atomic E-state index is 5.62. The van der Waals surface area contributed by atoms with E-state index in [4.69, 9.17) is 17.0 Å². The van der Waals surface area contributed by atoms with Gasteiger partial charge in [0.2, 0.25) is 5.88 Å². The molecule has 0 aliphatic carbocycles. The molecule has 3 rings (SSSR count). The van der Waals surface area contributed by atoms with Crippen LogP contribution < -0.4 is 15.0 Å². The third-order valence-electron chi connectivity index (χ3n) is 4.61. The average molecular weight is 435 g/mol. The Morgan fingerprint density at radius 1 is 1.19 bits per heavy atom. The maximum absolute atomic E-state index is 5.62.